The van der Waals surface area contributed by atoms with Crippen molar-refractivity contribution in [1.82, 2.24) is 9.55 Å². The molecule has 0 unspecified atom stereocenters. The van der Waals surface area contributed by atoms with Crippen LogP contribution in [0.5, 0.6) is 0 Å². The molecule has 1 saturated heterocycles. The van der Waals surface area contributed by atoms with Crippen LogP contribution in [-0.4, -0.2) is 27.6 Å². The van der Waals surface area contributed by atoms with Crippen LogP contribution >= 0.6 is 11.8 Å². The van der Waals surface area contributed by atoms with E-state index in [0.29, 0.717) is 0 Å². The first-order valence-corrected chi connectivity index (χ1v) is 7.88. The van der Waals surface area contributed by atoms with Gasteiger partial charge in [0.25, 0.3) is 0 Å². The monoisotopic (exact) mass is 253 g/mol. The fourth-order valence-electron chi connectivity index (χ4n) is 2.17. The van der Waals surface area contributed by atoms with Gasteiger partial charge in [-0.1, -0.05) is 13.3 Å². The predicted molar refractivity (Wildman–Crippen MR) is 75.7 cm³/mol. The average molecular weight is 253 g/mol. The van der Waals surface area contributed by atoms with Gasteiger partial charge in [-0.15, -0.1) is 0 Å². The molecule has 3 nitrogen and oxygen atoms in total. The lowest BCUT2D eigenvalue weighted by atomic mass is 10.0. The minimum Gasteiger partial charge on any atom is -0.355 e. The van der Waals surface area contributed by atoms with Gasteiger partial charge in [-0.2, -0.15) is 11.8 Å². The molecule has 0 spiro atoms. The van der Waals surface area contributed by atoms with Crippen molar-refractivity contribution in [3.63, 3.8) is 0 Å². The van der Waals surface area contributed by atoms with E-state index in [-0.39, 0.29) is 0 Å². The highest BCUT2D eigenvalue weighted by Crippen LogP contribution is 2.22. The Morgan fingerprint density at radius 3 is 3.06 bits per heavy atom. The van der Waals surface area contributed by atoms with Gasteiger partial charge in [0.1, 0.15) is 0 Å². The largest absolute Gasteiger partial charge is 0.355 e. The molecule has 1 fully saturated rings. The number of thioether (sulfide) groups is 1. The first-order chi connectivity index (χ1) is 8.40. The van der Waals surface area contributed by atoms with Crippen molar-refractivity contribution < 1.29 is 0 Å². The normalized spacial score (nSPS) is 17.2. The Labute approximate surface area is 108 Å². The molecule has 0 atom stereocenters. The number of rotatable bonds is 6. The van der Waals surface area contributed by atoms with Crippen LogP contribution < -0.4 is 5.32 Å². The number of hydrogen-bond donors (Lipinski definition) is 1. The molecule has 96 valence electrons. The molecule has 0 amide bonds. The van der Waals surface area contributed by atoms with Crippen LogP contribution in [0.15, 0.2) is 12.4 Å². The number of aryl methyl sites for hydroxylation is 1. The third-order valence-corrected chi connectivity index (χ3v) is 4.41. The summed E-state index contributed by atoms with van der Waals surface area (Å²) < 4.78 is 2.24. The number of aromatic nitrogens is 2. The van der Waals surface area contributed by atoms with Crippen molar-refractivity contribution in [2.75, 3.05) is 23.4 Å². The van der Waals surface area contributed by atoms with Crippen molar-refractivity contribution >= 4 is 17.7 Å². The van der Waals surface area contributed by atoms with Gasteiger partial charge in [0.2, 0.25) is 5.95 Å². The van der Waals surface area contributed by atoms with Crippen molar-refractivity contribution in [1.29, 1.82) is 0 Å². The highest BCUT2D eigenvalue weighted by molar-refractivity contribution is 7.99. The first-order valence-electron chi connectivity index (χ1n) is 6.73. The van der Waals surface area contributed by atoms with Crippen LogP contribution in [0.3, 0.4) is 0 Å². The number of anilines is 1. The Morgan fingerprint density at radius 2 is 2.29 bits per heavy atom. The lowest BCUT2D eigenvalue weighted by Crippen LogP contribution is -2.20. The van der Waals surface area contributed by atoms with Crippen LogP contribution in [0.4, 0.5) is 5.95 Å². The standard InChI is InChI=1S/C13H23N3S/c1-2-3-7-16-8-6-14-13(16)15-11-12-4-9-17-10-5-12/h6,8,12H,2-5,7,9-11H2,1H3,(H,14,15). The molecule has 0 aliphatic carbocycles. The van der Waals surface area contributed by atoms with Gasteiger partial charge in [-0.3, -0.25) is 0 Å². The zero-order chi connectivity index (χ0) is 11.9. The quantitative estimate of drug-likeness (QED) is 0.844. The predicted octanol–water partition coefficient (Wildman–Crippen LogP) is 3.24. The van der Waals surface area contributed by atoms with Crippen LogP contribution in [0.2, 0.25) is 0 Å². The molecule has 1 aromatic rings. The molecule has 1 N–H and O–H groups in total. The second-order valence-corrected chi connectivity index (χ2v) is 5.96. The molecule has 2 rings (SSSR count). The highest BCUT2D eigenvalue weighted by atomic mass is 32.2. The van der Waals surface area contributed by atoms with E-state index in [1.165, 1.54) is 37.2 Å². The second kappa shape index (κ2) is 6.94. The van der Waals surface area contributed by atoms with E-state index in [9.17, 15) is 0 Å². The molecule has 0 radical (unpaired) electrons. The summed E-state index contributed by atoms with van der Waals surface area (Å²) >= 11 is 2.09. The summed E-state index contributed by atoms with van der Waals surface area (Å²) in [4.78, 5) is 4.40. The van der Waals surface area contributed by atoms with Gasteiger partial charge >= 0.3 is 0 Å². The van der Waals surface area contributed by atoms with Gasteiger partial charge in [0, 0.05) is 25.5 Å². The summed E-state index contributed by atoms with van der Waals surface area (Å²) in [5.74, 6) is 4.55. The van der Waals surface area contributed by atoms with E-state index >= 15 is 0 Å². The molecule has 4 heteroatoms. The van der Waals surface area contributed by atoms with Gasteiger partial charge in [0.05, 0.1) is 0 Å². The minimum atomic E-state index is 0.840. The summed E-state index contributed by atoms with van der Waals surface area (Å²) in [5.41, 5.74) is 0. The maximum Gasteiger partial charge on any atom is 0.202 e. The average Bonchev–Trinajstić information content (AvgIpc) is 2.82. The summed E-state index contributed by atoms with van der Waals surface area (Å²) in [6.07, 6.45) is 9.15. The summed E-state index contributed by atoms with van der Waals surface area (Å²) in [6.45, 7) is 4.40. The van der Waals surface area contributed by atoms with Gasteiger partial charge < -0.3 is 9.88 Å². The van der Waals surface area contributed by atoms with Gasteiger partial charge in [0.15, 0.2) is 0 Å². The number of nitrogens with one attached hydrogen (secondary N) is 1. The van der Waals surface area contributed by atoms with Crippen LogP contribution in [0.25, 0.3) is 0 Å². The van der Waals surface area contributed by atoms with Gasteiger partial charge in [-0.25, -0.2) is 4.98 Å². The molecule has 1 aromatic heterocycles. The summed E-state index contributed by atoms with van der Waals surface area (Å²) in [6, 6.07) is 0. The molecule has 0 bridgehead atoms. The number of hydrogen-bond acceptors (Lipinski definition) is 3. The molecular weight excluding hydrogens is 230 g/mol. The summed E-state index contributed by atoms with van der Waals surface area (Å²) in [7, 11) is 0. The van der Waals surface area contributed by atoms with Crippen molar-refractivity contribution in [2.24, 2.45) is 5.92 Å². The first kappa shape index (κ1) is 12.8. The third-order valence-electron chi connectivity index (χ3n) is 3.36. The van der Waals surface area contributed by atoms with E-state index in [1.807, 2.05) is 6.20 Å². The van der Waals surface area contributed by atoms with E-state index < -0.39 is 0 Å². The van der Waals surface area contributed by atoms with Gasteiger partial charge in [-0.05, 0) is 36.7 Å². The topological polar surface area (TPSA) is 29.9 Å². The SMILES string of the molecule is CCCCn1ccnc1NCC1CCSCC1. The third kappa shape index (κ3) is 3.95. The maximum atomic E-state index is 4.40. The lowest BCUT2D eigenvalue weighted by molar-refractivity contribution is 0.512. The smallest absolute Gasteiger partial charge is 0.202 e. The van der Waals surface area contributed by atoms with E-state index in [0.717, 1.165) is 25.0 Å². The van der Waals surface area contributed by atoms with Crippen LogP contribution in [-0.2, 0) is 6.54 Å². The van der Waals surface area contributed by atoms with E-state index in [2.05, 4.69) is 39.8 Å². The zero-order valence-electron chi connectivity index (χ0n) is 10.7. The Bertz CT molecular complexity index is 318. The maximum absolute atomic E-state index is 4.40. The number of nitrogens with zero attached hydrogens (tertiary/aromatic N) is 2. The Hall–Kier alpha value is -0.640. The Balaban J connectivity index is 1.79. The van der Waals surface area contributed by atoms with E-state index in [1.54, 1.807) is 0 Å². The Morgan fingerprint density at radius 1 is 1.47 bits per heavy atom. The Kier molecular flexibility index (Phi) is 5.23. The fourth-order valence-corrected chi connectivity index (χ4v) is 3.38. The fraction of sp³-hybridized carbons (Fsp3) is 0.769. The molecule has 1 aliphatic rings. The van der Waals surface area contributed by atoms with Crippen LogP contribution in [0, 0.1) is 5.92 Å². The molecule has 0 aromatic carbocycles. The number of imidazole rings is 1. The molecule has 17 heavy (non-hydrogen) atoms. The van der Waals surface area contributed by atoms with Crippen molar-refractivity contribution in [3.05, 3.63) is 12.4 Å². The second-order valence-electron chi connectivity index (χ2n) is 4.73. The highest BCUT2D eigenvalue weighted by Gasteiger charge is 2.14. The molecular formula is C13H23N3S. The van der Waals surface area contributed by atoms with Crippen LogP contribution in [0.1, 0.15) is 32.6 Å². The zero-order valence-corrected chi connectivity index (χ0v) is 11.5. The molecule has 1 aliphatic heterocycles. The van der Waals surface area contributed by atoms with E-state index in [4.69, 9.17) is 0 Å². The van der Waals surface area contributed by atoms with Crippen molar-refractivity contribution in [3.8, 4) is 0 Å². The summed E-state index contributed by atoms with van der Waals surface area (Å²) in [5, 5.41) is 3.51. The lowest BCUT2D eigenvalue weighted by Gasteiger charge is -2.22. The number of unbranched alkanes of at least 4 members (excludes halogenated alkanes) is 1. The van der Waals surface area contributed by atoms with Crippen molar-refractivity contribution in [2.45, 2.75) is 39.2 Å². The molecule has 2 heterocycles. The minimum absolute atomic E-state index is 0.840. The molecule has 0 saturated carbocycles.